The highest BCUT2D eigenvalue weighted by Gasteiger charge is 2.05. The molecule has 0 saturated carbocycles. The maximum Gasteiger partial charge on any atom is 0.216 e. The van der Waals surface area contributed by atoms with E-state index in [-0.39, 0.29) is 0 Å². The van der Waals surface area contributed by atoms with Crippen LogP contribution in [0.25, 0.3) is 0 Å². The van der Waals surface area contributed by atoms with Crippen LogP contribution in [0.5, 0.6) is 0 Å². The van der Waals surface area contributed by atoms with Crippen molar-refractivity contribution in [3.8, 4) is 0 Å². The van der Waals surface area contributed by atoms with Gasteiger partial charge in [0, 0.05) is 32.4 Å². The lowest BCUT2D eigenvalue weighted by Gasteiger charge is -2.19. The number of aryl methyl sites for hydroxylation is 2. The van der Waals surface area contributed by atoms with Crippen LogP contribution in [0.2, 0.25) is 0 Å². The molecule has 0 aliphatic heterocycles. The van der Waals surface area contributed by atoms with E-state index in [1.54, 1.807) is 0 Å². The third-order valence-electron chi connectivity index (χ3n) is 4.20. The predicted octanol–water partition coefficient (Wildman–Crippen LogP) is 3.26. The van der Waals surface area contributed by atoms with Gasteiger partial charge in [0.25, 0.3) is 0 Å². The number of unbranched alkanes of at least 4 members (excludes halogenated alkanes) is 1. The zero-order chi connectivity index (χ0) is 18.8. The zero-order valence-electron chi connectivity index (χ0n) is 16.4. The van der Waals surface area contributed by atoms with Gasteiger partial charge in [-0.3, -0.25) is 0 Å². The van der Waals surface area contributed by atoms with Crippen LogP contribution in [-0.4, -0.2) is 37.6 Å². The average Bonchev–Trinajstić information content (AvgIpc) is 2.97. The maximum absolute atomic E-state index is 5.57. The normalized spacial score (nSPS) is 11.5. The fourth-order valence-corrected chi connectivity index (χ4v) is 2.59. The molecule has 0 radical (unpaired) electrons. The number of guanidine groups is 1. The molecule has 2 rings (SSSR count). The number of rotatable bonds is 9. The molecule has 0 fully saturated rings. The van der Waals surface area contributed by atoms with E-state index >= 15 is 0 Å². The highest BCUT2D eigenvalue weighted by molar-refractivity contribution is 5.79. The molecular weight excluding hydrogens is 326 g/mol. The Morgan fingerprint density at radius 1 is 1.15 bits per heavy atom. The highest BCUT2D eigenvalue weighted by atomic mass is 16.4. The Hall–Kier alpha value is -2.50. The number of oxazole rings is 1. The second-order valence-corrected chi connectivity index (χ2v) is 6.34. The predicted molar refractivity (Wildman–Crippen MR) is 108 cm³/mol. The summed E-state index contributed by atoms with van der Waals surface area (Å²) in [5.41, 5.74) is 2.18. The van der Waals surface area contributed by atoms with Crippen molar-refractivity contribution in [3.05, 3.63) is 47.7 Å². The topological polar surface area (TPSA) is 65.7 Å². The maximum atomic E-state index is 5.57. The van der Waals surface area contributed by atoms with E-state index in [1.807, 2.05) is 19.9 Å². The van der Waals surface area contributed by atoms with Gasteiger partial charge in [-0.15, -0.1) is 0 Å². The van der Waals surface area contributed by atoms with Gasteiger partial charge in [-0.05, 0) is 45.7 Å². The van der Waals surface area contributed by atoms with Gasteiger partial charge in [0.05, 0.1) is 5.69 Å². The summed E-state index contributed by atoms with van der Waals surface area (Å²) in [6.45, 7) is 9.12. The lowest BCUT2D eigenvalue weighted by Crippen LogP contribution is -2.38. The molecule has 142 valence electrons. The van der Waals surface area contributed by atoms with E-state index in [0.717, 1.165) is 49.9 Å². The molecule has 26 heavy (non-hydrogen) atoms. The van der Waals surface area contributed by atoms with Crippen LogP contribution in [0.4, 0.5) is 5.69 Å². The number of aliphatic imine (C=N–C) groups is 1. The fourth-order valence-electron chi connectivity index (χ4n) is 2.59. The Labute approximate surface area is 156 Å². The van der Waals surface area contributed by atoms with Crippen molar-refractivity contribution in [1.29, 1.82) is 0 Å². The Balaban J connectivity index is 1.71. The Morgan fingerprint density at radius 3 is 2.58 bits per heavy atom. The fraction of sp³-hybridized carbons (Fsp3) is 0.500. The van der Waals surface area contributed by atoms with Crippen molar-refractivity contribution in [2.45, 2.75) is 40.2 Å². The van der Waals surface area contributed by atoms with Crippen LogP contribution < -0.4 is 15.5 Å². The second-order valence-electron chi connectivity index (χ2n) is 6.34. The number of hydrogen-bond acceptors (Lipinski definition) is 4. The lowest BCUT2D eigenvalue weighted by molar-refractivity contribution is 0.472. The van der Waals surface area contributed by atoms with Gasteiger partial charge in [-0.25, -0.2) is 9.98 Å². The molecular formula is C20H31N5O. The summed E-state index contributed by atoms with van der Waals surface area (Å²) in [6, 6.07) is 10.5. The van der Waals surface area contributed by atoms with Crippen LogP contribution in [-0.2, 0) is 6.54 Å². The summed E-state index contributed by atoms with van der Waals surface area (Å²) in [5.74, 6) is 2.31. The van der Waals surface area contributed by atoms with E-state index in [9.17, 15) is 0 Å². The first-order valence-electron chi connectivity index (χ1n) is 9.31. The van der Waals surface area contributed by atoms with Crippen LogP contribution in [0.3, 0.4) is 0 Å². The van der Waals surface area contributed by atoms with Gasteiger partial charge < -0.3 is 20.0 Å². The van der Waals surface area contributed by atoms with E-state index in [0.29, 0.717) is 12.4 Å². The number of hydrogen-bond donors (Lipinski definition) is 2. The lowest BCUT2D eigenvalue weighted by atomic mass is 10.2. The molecule has 6 heteroatoms. The smallest absolute Gasteiger partial charge is 0.216 e. The Morgan fingerprint density at radius 2 is 1.92 bits per heavy atom. The van der Waals surface area contributed by atoms with Crippen LogP contribution >= 0.6 is 0 Å². The van der Waals surface area contributed by atoms with Gasteiger partial charge >= 0.3 is 0 Å². The SMILES string of the molecule is CCNC(=NCc1nc(C)c(C)o1)NCCCCN(C)c1ccccc1. The van der Waals surface area contributed by atoms with Crippen molar-refractivity contribution >= 4 is 11.6 Å². The minimum Gasteiger partial charge on any atom is -0.444 e. The summed E-state index contributed by atoms with van der Waals surface area (Å²) >= 11 is 0. The number of para-hydroxylation sites is 1. The molecule has 0 aliphatic carbocycles. The molecule has 0 atom stereocenters. The number of anilines is 1. The minimum atomic E-state index is 0.445. The van der Waals surface area contributed by atoms with Crippen molar-refractivity contribution < 1.29 is 4.42 Å². The van der Waals surface area contributed by atoms with E-state index in [2.05, 4.69) is 63.7 Å². The Kier molecular flexibility index (Phi) is 7.99. The van der Waals surface area contributed by atoms with Gasteiger partial charge in [-0.1, -0.05) is 18.2 Å². The highest BCUT2D eigenvalue weighted by Crippen LogP contribution is 2.11. The third-order valence-corrected chi connectivity index (χ3v) is 4.20. The van der Waals surface area contributed by atoms with Crippen molar-refractivity contribution in [2.24, 2.45) is 4.99 Å². The van der Waals surface area contributed by atoms with Crippen LogP contribution in [0, 0.1) is 13.8 Å². The van der Waals surface area contributed by atoms with Crippen LogP contribution in [0.15, 0.2) is 39.7 Å². The number of aromatic nitrogens is 1. The second kappa shape index (κ2) is 10.5. The minimum absolute atomic E-state index is 0.445. The molecule has 0 unspecified atom stereocenters. The molecule has 1 aromatic carbocycles. The molecule has 1 heterocycles. The van der Waals surface area contributed by atoms with Gasteiger partial charge in [0.1, 0.15) is 12.3 Å². The summed E-state index contributed by atoms with van der Waals surface area (Å²) in [6.07, 6.45) is 2.20. The van der Waals surface area contributed by atoms with Crippen molar-refractivity contribution in [1.82, 2.24) is 15.6 Å². The Bertz CT molecular complexity index is 661. The zero-order valence-corrected chi connectivity index (χ0v) is 16.4. The van der Waals surface area contributed by atoms with Gasteiger partial charge in [0.2, 0.25) is 5.89 Å². The van der Waals surface area contributed by atoms with Crippen LogP contribution in [0.1, 0.15) is 37.1 Å². The summed E-state index contributed by atoms with van der Waals surface area (Å²) in [4.78, 5) is 11.2. The van der Waals surface area contributed by atoms with Crippen molar-refractivity contribution in [2.75, 3.05) is 31.6 Å². The molecule has 0 bridgehead atoms. The molecule has 2 N–H and O–H groups in total. The first-order chi connectivity index (χ1) is 12.6. The molecule has 2 aromatic rings. The van der Waals surface area contributed by atoms with Crippen molar-refractivity contribution in [3.63, 3.8) is 0 Å². The quantitative estimate of drug-likeness (QED) is 0.410. The largest absolute Gasteiger partial charge is 0.444 e. The number of benzene rings is 1. The van der Waals surface area contributed by atoms with Gasteiger partial charge in [-0.2, -0.15) is 0 Å². The molecule has 0 spiro atoms. The van der Waals surface area contributed by atoms with Gasteiger partial charge in [0.15, 0.2) is 5.96 Å². The molecule has 0 saturated heterocycles. The monoisotopic (exact) mass is 357 g/mol. The standard InChI is InChI=1S/C20H31N5O/c1-5-21-20(23-15-19-24-16(2)17(3)26-19)22-13-9-10-14-25(4)18-11-7-6-8-12-18/h6-8,11-12H,5,9-10,13-15H2,1-4H3,(H2,21,22,23). The number of nitrogens with zero attached hydrogens (tertiary/aromatic N) is 3. The third kappa shape index (κ3) is 6.43. The average molecular weight is 358 g/mol. The first-order valence-corrected chi connectivity index (χ1v) is 9.31. The molecule has 0 aliphatic rings. The number of nitrogens with one attached hydrogen (secondary N) is 2. The first kappa shape index (κ1) is 19.8. The summed E-state index contributed by atoms with van der Waals surface area (Å²) in [5, 5.41) is 6.64. The van der Waals surface area contributed by atoms with E-state index in [1.165, 1.54) is 5.69 Å². The summed E-state index contributed by atoms with van der Waals surface area (Å²) in [7, 11) is 2.13. The molecule has 6 nitrogen and oxygen atoms in total. The molecule has 1 aromatic heterocycles. The summed E-state index contributed by atoms with van der Waals surface area (Å²) < 4.78 is 5.57. The van der Waals surface area contributed by atoms with E-state index < -0.39 is 0 Å². The van der Waals surface area contributed by atoms with E-state index in [4.69, 9.17) is 4.42 Å². The molecule has 0 amide bonds.